The average molecular weight is 274 g/mol. The molecule has 0 spiro atoms. The Balaban J connectivity index is 1.79. The molecule has 3 rings (SSSR count). The Morgan fingerprint density at radius 3 is 2.19 bits per heavy atom. The molecule has 0 unspecified atom stereocenters. The monoisotopic (exact) mass is 274 g/mol. The van der Waals surface area contributed by atoms with Gasteiger partial charge in [-0.2, -0.15) is 0 Å². The number of rotatable bonds is 5. The van der Waals surface area contributed by atoms with Crippen molar-refractivity contribution in [2.45, 2.75) is 32.6 Å². The van der Waals surface area contributed by atoms with E-state index >= 15 is 0 Å². The lowest BCUT2D eigenvalue weighted by atomic mass is 10.00. The van der Waals surface area contributed by atoms with E-state index in [4.69, 9.17) is 0 Å². The van der Waals surface area contributed by atoms with E-state index in [0.717, 1.165) is 18.8 Å². The van der Waals surface area contributed by atoms with Crippen LogP contribution >= 0.6 is 0 Å². The van der Waals surface area contributed by atoms with Crippen molar-refractivity contribution in [1.82, 2.24) is 0 Å². The van der Waals surface area contributed by atoms with Gasteiger partial charge < -0.3 is 0 Å². The summed E-state index contributed by atoms with van der Waals surface area (Å²) in [5.41, 5.74) is 9.24. The van der Waals surface area contributed by atoms with Crippen molar-refractivity contribution >= 4 is 5.57 Å². The molecule has 0 N–H and O–H groups in total. The van der Waals surface area contributed by atoms with Gasteiger partial charge in [0.15, 0.2) is 0 Å². The summed E-state index contributed by atoms with van der Waals surface area (Å²) < 4.78 is 0. The van der Waals surface area contributed by atoms with E-state index < -0.39 is 0 Å². The minimum atomic E-state index is 0.735. The number of hydrogen-bond acceptors (Lipinski definition) is 0. The summed E-state index contributed by atoms with van der Waals surface area (Å²) in [5, 5.41) is 0. The van der Waals surface area contributed by atoms with Gasteiger partial charge >= 0.3 is 0 Å². The third-order valence-corrected chi connectivity index (χ3v) is 4.05. The van der Waals surface area contributed by atoms with Crippen molar-refractivity contribution in [3.05, 3.63) is 83.1 Å². The summed E-state index contributed by atoms with van der Waals surface area (Å²) in [6, 6.07) is 21.5. The highest BCUT2D eigenvalue weighted by molar-refractivity contribution is 5.69. The maximum atomic E-state index is 3.70. The first-order valence-electron chi connectivity index (χ1n) is 7.88. The quantitative estimate of drug-likeness (QED) is 0.617. The number of benzene rings is 2. The molecule has 0 amide bonds. The van der Waals surface area contributed by atoms with Gasteiger partial charge in [0.2, 0.25) is 0 Å². The predicted octanol–water partition coefficient (Wildman–Crippen LogP) is 5.66. The molecular weight excluding hydrogens is 252 g/mol. The van der Waals surface area contributed by atoms with Crippen molar-refractivity contribution < 1.29 is 0 Å². The van der Waals surface area contributed by atoms with Crippen LogP contribution in [0.4, 0.5) is 0 Å². The molecule has 0 heteroatoms. The number of hydrogen-bond donors (Lipinski definition) is 0. The summed E-state index contributed by atoms with van der Waals surface area (Å²) in [7, 11) is 0. The molecule has 2 aromatic rings. The number of allylic oxidation sites excluding steroid dienone is 1. The molecule has 0 aromatic heterocycles. The molecular formula is C21H22. The molecule has 1 saturated carbocycles. The third kappa shape index (κ3) is 3.97. The van der Waals surface area contributed by atoms with Gasteiger partial charge in [0.05, 0.1) is 0 Å². The van der Waals surface area contributed by atoms with Crippen LogP contribution in [0.3, 0.4) is 0 Å². The van der Waals surface area contributed by atoms with Crippen LogP contribution in [0, 0.1) is 5.92 Å². The van der Waals surface area contributed by atoms with Gasteiger partial charge in [-0.25, -0.2) is 0 Å². The Hall–Kier alpha value is -2.04. The Bertz CT molecular complexity index is 639. The normalized spacial score (nSPS) is 13.6. The van der Waals surface area contributed by atoms with Crippen LogP contribution in [0.15, 0.2) is 72.0 Å². The molecule has 0 saturated heterocycles. The van der Waals surface area contributed by atoms with E-state index in [1.807, 2.05) is 0 Å². The lowest BCUT2D eigenvalue weighted by molar-refractivity contribution is 0.942. The largest absolute Gasteiger partial charge is 0.118 e. The standard InChI is InChI=1S/C21H22/c1-17(12-13-18-8-4-2-5-9-18)16-21(20-14-15-20)19-10-6-3-7-11-19/h2-11,20H,12-15H2,1H3. The smallest absolute Gasteiger partial charge is 0.00424 e. The summed E-state index contributed by atoms with van der Waals surface area (Å²) in [6.07, 6.45) is 4.84. The van der Waals surface area contributed by atoms with Crippen LogP contribution in [0.5, 0.6) is 0 Å². The minimum absolute atomic E-state index is 0.735. The zero-order valence-electron chi connectivity index (χ0n) is 12.7. The van der Waals surface area contributed by atoms with Gasteiger partial charge in [0.1, 0.15) is 0 Å². The molecule has 1 fully saturated rings. The Labute approximate surface area is 127 Å². The molecule has 2 aromatic carbocycles. The fourth-order valence-electron chi connectivity index (χ4n) is 2.67. The summed E-state index contributed by atoms with van der Waals surface area (Å²) >= 11 is 0. The minimum Gasteiger partial charge on any atom is -0.118 e. The molecule has 0 radical (unpaired) electrons. The Kier molecular flexibility index (Phi) is 4.38. The summed E-state index contributed by atoms with van der Waals surface area (Å²) in [6.45, 7) is 2.22. The van der Waals surface area contributed by atoms with E-state index in [0.29, 0.717) is 0 Å². The van der Waals surface area contributed by atoms with Crippen LogP contribution in [0.25, 0.3) is 5.57 Å². The number of aryl methyl sites for hydroxylation is 1. The highest BCUT2D eigenvalue weighted by atomic mass is 14.3. The SMILES string of the molecule is CC(=C=C(c1ccccc1)C1CC1)CCc1ccccc1. The first kappa shape index (κ1) is 13.9. The topological polar surface area (TPSA) is 0 Å². The highest BCUT2D eigenvalue weighted by Crippen LogP contribution is 2.41. The van der Waals surface area contributed by atoms with E-state index in [2.05, 4.69) is 73.3 Å². The molecule has 0 heterocycles. The van der Waals surface area contributed by atoms with Crippen molar-refractivity contribution in [2.24, 2.45) is 5.92 Å². The second kappa shape index (κ2) is 6.61. The van der Waals surface area contributed by atoms with Gasteiger partial charge in [-0.1, -0.05) is 60.7 Å². The molecule has 0 nitrogen and oxygen atoms in total. The summed E-state index contributed by atoms with van der Waals surface area (Å²) in [5.74, 6) is 0.735. The van der Waals surface area contributed by atoms with Gasteiger partial charge in [-0.15, -0.1) is 5.73 Å². The van der Waals surface area contributed by atoms with Gasteiger partial charge in [-0.3, -0.25) is 0 Å². The molecule has 1 aliphatic rings. The fourth-order valence-corrected chi connectivity index (χ4v) is 2.67. The van der Waals surface area contributed by atoms with E-state index in [1.54, 1.807) is 0 Å². The van der Waals surface area contributed by atoms with Crippen LogP contribution in [0.1, 0.15) is 37.3 Å². The van der Waals surface area contributed by atoms with E-state index in [1.165, 1.54) is 35.1 Å². The van der Waals surface area contributed by atoms with Crippen molar-refractivity contribution in [2.75, 3.05) is 0 Å². The molecule has 106 valence electrons. The maximum absolute atomic E-state index is 3.70. The molecule has 0 bridgehead atoms. The van der Waals surface area contributed by atoms with Crippen molar-refractivity contribution in [3.63, 3.8) is 0 Å². The first-order valence-corrected chi connectivity index (χ1v) is 7.88. The zero-order chi connectivity index (χ0) is 14.5. The second-order valence-corrected chi connectivity index (χ2v) is 5.94. The van der Waals surface area contributed by atoms with Gasteiger partial charge in [0, 0.05) is 5.57 Å². The van der Waals surface area contributed by atoms with Crippen LogP contribution in [-0.4, -0.2) is 0 Å². The molecule has 0 atom stereocenters. The first-order chi connectivity index (χ1) is 10.3. The molecule has 21 heavy (non-hydrogen) atoms. The fraction of sp³-hybridized carbons (Fsp3) is 0.286. The third-order valence-electron chi connectivity index (χ3n) is 4.05. The lowest BCUT2D eigenvalue weighted by Crippen LogP contribution is -1.88. The van der Waals surface area contributed by atoms with E-state index in [-0.39, 0.29) is 0 Å². The maximum Gasteiger partial charge on any atom is 0.00424 e. The van der Waals surface area contributed by atoms with Crippen molar-refractivity contribution in [1.29, 1.82) is 0 Å². The zero-order valence-corrected chi connectivity index (χ0v) is 12.7. The van der Waals surface area contributed by atoms with Crippen molar-refractivity contribution in [3.8, 4) is 0 Å². The van der Waals surface area contributed by atoms with Gasteiger partial charge in [-0.05, 0) is 55.2 Å². The Morgan fingerprint density at radius 2 is 1.57 bits per heavy atom. The van der Waals surface area contributed by atoms with Gasteiger partial charge in [0.25, 0.3) is 0 Å². The summed E-state index contributed by atoms with van der Waals surface area (Å²) in [4.78, 5) is 0. The van der Waals surface area contributed by atoms with Crippen LogP contribution in [0.2, 0.25) is 0 Å². The van der Waals surface area contributed by atoms with Crippen LogP contribution in [-0.2, 0) is 6.42 Å². The molecule has 1 aliphatic carbocycles. The molecule has 0 aliphatic heterocycles. The van der Waals surface area contributed by atoms with E-state index in [9.17, 15) is 0 Å². The Morgan fingerprint density at radius 1 is 0.952 bits per heavy atom. The van der Waals surface area contributed by atoms with Crippen LogP contribution < -0.4 is 0 Å². The average Bonchev–Trinajstić information content (AvgIpc) is 3.37. The highest BCUT2D eigenvalue weighted by Gasteiger charge is 2.26. The predicted molar refractivity (Wildman–Crippen MR) is 90.0 cm³/mol. The lowest BCUT2D eigenvalue weighted by Gasteiger charge is -2.05. The second-order valence-electron chi connectivity index (χ2n) is 5.94.